The molecule has 0 aromatic rings. The minimum atomic E-state index is -0.870. The van der Waals surface area contributed by atoms with Crippen LogP contribution in [-0.4, -0.2) is 0 Å². The monoisotopic (exact) mass is 131 g/mol. The Morgan fingerprint density at radius 1 is 2.00 bits per heavy atom. The van der Waals surface area contributed by atoms with Gasteiger partial charge in [0, 0.05) is 0 Å². The van der Waals surface area contributed by atoms with E-state index in [2.05, 4.69) is 24.1 Å². The predicted octanol–water partition coefficient (Wildman–Crippen LogP) is 1.93. The van der Waals surface area contributed by atoms with Crippen molar-refractivity contribution in [3.05, 3.63) is 0 Å². The zero-order valence-corrected chi connectivity index (χ0v) is 5.04. The fourth-order valence-electron chi connectivity index (χ4n) is 0. The van der Waals surface area contributed by atoms with Gasteiger partial charge < -0.3 is 0 Å². The maximum absolute atomic E-state index is 5.02. The van der Waals surface area contributed by atoms with Crippen molar-refractivity contribution in [1.29, 1.82) is 0 Å². The first-order valence-electron chi connectivity index (χ1n) is 0.552. The Bertz CT molecular complexity index is 29.0. The number of rotatable bonds is 0. The topological polar surface area (TPSA) is 0 Å². The van der Waals surface area contributed by atoms with Gasteiger partial charge in [-0.25, -0.2) is 0 Å². The third-order valence-corrected chi connectivity index (χ3v) is 0. The summed E-state index contributed by atoms with van der Waals surface area (Å²) in [6.45, 7) is 0. The van der Waals surface area contributed by atoms with E-state index in [0.717, 1.165) is 0 Å². The Morgan fingerprint density at radius 2 is 2.00 bits per heavy atom. The molecule has 25 valence electrons. The molecule has 0 aliphatic rings. The summed E-state index contributed by atoms with van der Waals surface area (Å²) in [4.78, 5) is 0. The molecule has 4 heavy (non-hydrogen) atoms. The molecule has 0 heterocycles. The summed E-state index contributed by atoms with van der Waals surface area (Å²) in [5.41, 5.74) is 0. The van der Waals surface area contributed by atoms with Crippen molar-refractivity contribution in [2.24, 2.45) is 0 Å². The molecule has 0 aliphatic carbocycles. The lowest BCUT2D eigenvalue weighted by atomic mass is 30.0. The highest BCUT2D eigenvalue weighted by molar-refractivity contribution is 8.63. The Labute approximate surface area is 40.9 Å². The summed E-state index contributed by atoms with van der Waals surface area (Å²) in [5.74, 6) is 0. The summed E-state index contributed by atoms with van der Waals surface area (Å²) >= 11 is 12.9. The van der Waals surface area contributed by atoms with Gasteiger partial charge in [-0.1, -0.05) is 0 Å². The van der Waals surface area contributed by atoms with Crippen LogP contribution in [0.1, 0.15) is 0 Å². The van der Waals surface area contributed by atoms with Crippen molar-refractivity contribution in [3.8, 4) is 0 Å². The van der Waals surface area contributed by atoms with Gasteiger partial charge >= 0.3 is 0 Å². The highest BCUT2D eigenvalue weighted by Crippen LogP contribution is 2.30. The van der Waals surface area contributed by atoms with E-state index in [-0.39, 0.29) is 0 Å². The van der Waals surface area contributed by atoms with E-state index in [0.29, 0.717) is 0 Å². The van der Waals surface area contributed by atoms with Crippen LogP contribution in [0.5, 0.6) is 0 Å². The van der Waals surface area contributed by atoms with E-state index >= 15 is 0 Å². The molecule has 0 nitrogen and oxygen atoms in total. The van der Waals surface area contributed by atoms with Crippen LogP contribution in [-0.2, 0) is 11.8 Å². The fraction of sp³-hybridized carbons (Fsp3) is 0. The first-order valence-corrected chi connectivity index (χ1v) is 4.96. The molecule has 1 atom stereocenters. The molecule has 0 spiro atoms. The molecule has 4 heteroatoms. The maximum Gasteiger partial charge on any atom is 0.0698 e. The van der Waals surface area contributed by atoms with Crippen molar-refractivity contribution < 1.29 is 0 Å². The zero-order chi connectivity index (χ0) is 3.58. The minimum absolute atomic E-state index is 0.870. The second kappa shape index (κ2) is 2.40. The van der Waals surface area contributed by atoms with Crippen molar-refractivity contribution >= 4 is 40.5 Å². The quantitative estimate of drug-likeness (QED) is 0.387. The summed E-state index contributed by atoms with van der Waals surface area (Å²) in [6, 6.07) is 0. The number of hydrogen-bond acceptors (Lipinski definition) is 1. The van der Waals surface area contributed by atoms with Gasteiger partial charge in [-0.2, -0.15) is 0 Å². The molecule has 0 N–H and O–H groups in total. The van der Waals surface area contributed by atoms with Crippen LogP contribution in [0.4, 0.5) is 0 Å². The SMILES string of the molecule is S=[P](S)Cl. The van der Waals surface area contributed by atoms with Crippen molar-refractivity contribution in [2.75, 3.05) is 0 Å². The van der Waals surface area contributed by atoms with E-state index in [1.165, 1.54) is 0 Å². The second-order valence-electron chi connectivity index (χ2n) is 0.226. The summed E-state index contributed by atoms with van der Waals surface area (Å²) < 4.78 is 0. The summed E-state index contributed by atoms with van der Waals surface area (Å²) in [5, 5.41) is -0.870. The van der Waals surface area contributed by atoms with Gasteiger partial charge in [0.15, 0.2) is 0 Å². The predicted molar refractivity (Wildman–Crippen MR) is 29.1 cm³/mol. The highest BCUT2D eigenvalue weighted by atomic mass is 35.7. The van der Waals surface area contributed by atoms with Gasteiger partial charge in [-0.05, 0) is 23.0 Å². The molecule has 0 bridgehead atoms. The van der Waals surface area contributed by atoms with Crippen LogP contribution in [0.3, 0.4) is 0 Å². The third-order valence-electron chi connectivity index (χ3n) is 0. The standard InChI is InChI=1S/ClHPS2/c1-2(3)4/h(H,3,4). The van der Waals surface area contributed by atoms with E-state index in [1.807, 2.05) is 0 Å². The summed E-state index contributed by atoms with van der Waals surface area (Å²) in [6.07, 6.45) is 0. The van der Waals surface area contributed by atoms with Crippen LogP contribution in [0.25, 0.3) is 0 Å². The molecular weight excluding hydrogens is 131 g/mol. The fourth-order valence-corrected chi connectivity index (χ4v) is 0. The van der Waals surface area contributed by atoms with Crippen LogP contribution < -0.4 is 0 Å². The number of thiol groups is 1. The largest absolute Gasteiger partial charge is 0.102 e. The molecule has 0 saturated heterocycles. The van der Waals surface area contributed by atoms with Crippen molar-refractivity contribution in [3.63, 3.8) is 0 Å². The van der Waals surface area contributed by atoms with Gasteiger partial charge in [0.1, 0.15) is 0 Å². The molecule has 1 unspecified atom stereocenters. The second-order valence-corrected chi connectivity index (χ2v) is 6.11. The van der Waals surface area contributed by atoms with Crippen molar-refractivity contribution in [1.82, 2.24) is 0 Å². The Hall–Kier alpha value is 1.16. The first kappa shape index (κ1) is 5.16. The van der Waals surface area contributed by atoms with E-state index in [4.69, 9.17) is 11.2 Å². The van der Waals surface area contributed by atoms with Gasteiger partial charge in [0.2, 0.25) is 0 Å². The molecule has 0 aromatic carbocycles. The maximum atomic E-state index is 5.02. The summed E-state index contributed by atoms with van der Waals surface area (Å²) in [7, 11) is 0. The normalized spacial score (nSPS) is 11.0. The van der Waals surface area contributed by atoms with Crippen LogP contribution in [0, 0.1) is 0 Å². The molecule has 0 amide bonds. The van der Waals surface area contributed by atoms with Crippen LogP contribution in [0.15, 0.2) is 0 Å². The van der Waals surface area contributed by atoms with Gasteiger partial charge in [0.25, 0.3) is 0 Å². The van der Waals surface area contributed by atoms with Gasteiger partial charge in [-0.3, -0.25) is 0 Å². The number of halogens is 1. The lowest BCUT2D eigenvalue weighted by molar-refractivity contribution is 5.06. The molecule has 0 rings (SSSR count). The Morgan fingerprint density at radius 3 is 2.00 bits per heavy atom. The van der Waals surface area contributed by atoms with E-state index < -0.39 is 5.25 Å². The Balaban J connectivity index is 2.80. The lowest BCUT2D eigenvalue weighted by Gasteiger charge is -1.58. The van der Waals surface area contributed by atoms with Gasteiger partial charge in [0.05, 0.1) is 5.25 Å². The minimum Gasteiger partial charge on any atom is -0.102 e. The molecule has 1 radical (unpaired) electrons. The highest BCUT2D eigenvalue weighted by Gasteiger charge is 1.59. The third kappa shape index (κ3) is 11.0. The molecule has 0 aromatic heterocycles. The van der Waals surface area contributed by atoms with E-state index in [9.17, 15) is 0 Å². The molecule has 0 saturated carbocycles. The molecular formula is HClPS2. The zero-order valence-electron chi connectivity index (χ0n) is 1.68. The number of hydrogen-bond donors (Lipinski definition) is 1. The van der Waals surface area contributed by atoms with Crippen LogP contribution in [0.2, 0.25) is 0 Å². The first-order chi connectivity index (χ1) is 1.73. The smallest absolute Gasteiger partial charge is 0.0698 e. The van der Waals surface area contributed by atoms with Crippen LogP contribution >= 0.6 is 28.7 Å². The average Bonchev–Trinajstić information content (AvgIpc) is 0.811. The van der Waals surface area contributed by atoms with Crippen molar-refractivity contribution in [2.45, 2.75) is 0 Å². The molecule has 0 fully saturated rings. The molecule has 0 aliphatic heterocycles. The lowest BCUT2D eigenvalue weighted by Crippen LogP contribution is -0.928. The average molecular weight is 132 g/mol. The van der Waals surface area contributed by atoms with E-state index in [1.54, 1.807) is 0 Å². The van der Waals surface area contributed by atoms with Gasteiger partial charge in [-0.15, -0.1) is 12.2 Å². The Kier molecular flexibility index (Phi) is 3.10.